The molecule has 76 valence electrons. The fraction of sp³-hybridized carbons (Fsp3) is 0.400. The van der Waals surface area contributed by atoms with Gasteiger partial charge in [0.1, 0.15) is 0 Å². The minimum absolute atomic E-state index is 0.0107. The Kier molecular flexibility index (Phi) is 4.07. The van der Waals surface area contributed by atoms with Crippen LogP contribution in [0.5, 0.6) is 0 Å². The number of hydrogen-bond donors (Lipinski definition) is 2. The molecular weight excluding hydrogens is 178 g/mol. The lowest BCUT2D eigenvalue weighted by Crippen LogP contribution is -2.32. The first-order chi connectivity index (χ1) is 6.75. The first-order valence-electron chi connectivity index (χ1n) is 4.63. The molecule has 1 unspecified atom stereocenters. The first kappa shape index (κ1) is 10.7. The molecule has 0 radical (unpaired) electrons. The van der Waals surface area contributed by atoms with E-state index in [-0.39, 0.29) is 11.8 Å². The molecule has 14 heavy (non-hydrogen) atoms. The SMILES string of the molecule is CC(C(=O)NCCN)c1cccnc1. The number of amides is 1. The van der Waals surface area contributed by atoms with Crippen LogP contribution in [0.2, 0.25) is 0 Å². The Morgan fingerprint density at radius 2 is 2.50 bits per heavy atom. The monoisotopic (exact) mass is 193 g/mol. The van der Waals surface area contributed by atoms with E-state index in [1.807, 2.05) is 19.1 Å². The smallest absolute Gasteiger partial charge is 0.227 e. The third kappa shape index (κ3) is 2.81. The maximum absolute atomic E-state index is 11.5. The topological polar surface area (TPSA) is 68.0 Å². The van der Waals surface area contributed by atoms with Crippen LogP contribution < -0.4 is 11.1 Å². The molecule has 3 N–H and O–H groups in total. The van der Waals surface area contributed by atoms with Gasteiger partial charge in [0.15, 0.2) is 0 Å². The van der Waals surface area contributed by atoms with Crippen molar-refractivity contribution in [2.75, 3.05) is 13.1 Å². The van der Waals surface area contributed by atoms with E-state index in [9.17, 15) is 4.79 Å². The maximum Gasteiger partial charge on any atom is 0.227 e. The lowest BCUT2D eigenvalue weighted by Gasteiger charge is -2.10. The average molecular weight is 193 g/mol. The van der Waals surface area contributed by atoms with Gasteiger partial charge in [-0.25, -0.2) is 0 Å². The second kappa shape index (κ2) is 5.34. The zero-order valence-electron chi connectivity index (χ0n) is 8.23. The highest BCUT2D eigenvalue weighted by Crippen LogP contribution is 2.12. The van der Waals surface area contributed by atoms with Crippen LogP contribution in [0, 0.1) is 0 Å². The summed E-state index contributed by atoms with van der Waals surface area (Å²) in [7, 11) is 0. The van der Waals surface area contributed by atoms with Crippen molar-refractivity contribution in [3.63, 3.8) is 0 Å². The van der Waals surface area contributed by atoms with Crippen LogP contribution in [0.15, 0.2) is 24.5 Å². The zero-order chi connectivity index (χ0) is 10.4. The second-order valence-electron chi connectivity index (χ2n) is 3.09. The Morgan fingerprint density at radius 1 is 1.71 bits per heavy atom. The first-order valence-corrected chi connectivity index (χ1v) is 4.63. The summed E-state index contributed by atoms with van der Waals surface area (Å²) in [6.45, 7) is 2.83. The van der Waals surface area contributed by atoms with Gasteiger partial charge in [-0.3, -0.25) is 9.78 Å². The van der Waals surface area contributed by atoms with Gasteiger partial charge in [0, 0.05) is 25.5 Å². The van der Waals surface area contributed by atoms with Crippen LogP contribution in [-0.2, 0) is 4.79 Å². The summed E-state index contributed by atoms with van der Waals surface area (Å²) in [6.07, 6.45) is 3.39. The van der Waals surface area contributed by atoms with E-state index in [2.05, 4.69) is 10.3 Å². The zero-order valence-corrected chi connectivity index (χ0v) is 8.23. The predicted molar refractivity (Wildman–Crippen MR) is 54.7 cm³/mol. The molecule has 0 aromatic carbocycles. The number of rotatable bonds is 4. The van der Waals surface area contributed by atoms with E-state index in [0.717, 1.165) is 5.56 Å². The van der Waals surface area contributed by atoms with E-state index in [1.54, 1.807) is 12.4 Å². The fourth-order valence-corrected chi connectivity index (χ4v) is 1.13. The molecule has 0 bridgehead atoms. The second-order valence-corrected chi connectivity index (χ2v) is 3.09. The highest BCUT2D eigenvalue weighted by molar-refractivity contribution is 5.83. The summed E-state index contributed by atoms with van der Waals surface area (Å²) in [5, 5.41) is 2.74. The van der Waals surface area contributed by atoms with Gasteiger partial charge in [0.25, 0.3) is 0 Å². The average Bonchev–Trinajstić information content (AvgIpc) is 2.26. The molecule has 0 saturated heterocycles. The van der Waals surface area contributed by atoms with Crippen LogP contribution in [-0.4, -0.2) is 24.0 Å². The third-order valence-corrected chi connectivity index (χ3v) is 2.02. The molecule has 0 saturated carbocycles. The largest absolute Gasteiger partial charge is 0.354 e. The van der Waals surface area contributed by atoms with Gasteiger partial charge in [-0.15, -0.1) is 0 Å². The van der Waals surface area contributed by atoms with E-state index in [4.69, 9.17) is 5.73 Å². The highest BCUT2D eigenvalue weighted by atomic mass is 16.1. The van der Waals surface area contributed by atoms with Crippen molar-refractivity contribution in [3.8, 4) is 0 Å². The van der Waals surface area contributed by atoms with E-state index < -0.39 is 0 Å². The molecule has 1 amide bonds. The van der Waals surface area contributed by atoms with Crippen LogP contribution in [0.4, 0.5) is 0 Å². The maximum atomic E-state index is 11.5. The normalized spacial score (nSPS) is 12.1. The van der Waals surface area contributed by atoms with Crippen molar-refractivity contribution in [1.82, 2.24) is 10.3 Å². The molecule has 0 aliphatic heterocycles. The number of aromatic nitrogens is 1. The minimum atomic E-state index is -0.171. The van der Waals surface area contributed by atoms with Crippen molar-refractivity contribution in [2.45, 2.75) is 12.8 Å². The van der Waals surface area contributed by atoms with E-state index in [1.165, 1.54) is 0 Å². The van der Waals surface area contributed by atoms with Crippen LogP contribution in [0.1, 0.15) is 18.4 Å². The molecule has 0 aliphatic rings. The number of hydrogen-bond acceptors (Lipinski definition) is 3. The molecule has 0 fully saturated rings. The molecule has 1 aromatic heterocycles. The molecule has 1 aromatic rings. The van der Waals surface area contributed by atoms with Gasteiger partial charge in [-0.1, -0.05) is 6.07 Å². The van der Waals surface area contributed by atoms with Crippen LogP contribution >= 0.6 is 0 Å². The Morgan fingerprint density at radius 3 is 3.07 bits per heavy atom. The number of pyridine rings is 1. The number of carbonyl (C=O) groups excluding carboxylic acids is 1. The minimum Gasteiger partial charge on any atom is -0.354 e. The van der Waals surface area contributed by atoms with Crippen molar-refractivity contribution >= 4 is 5.91 Å². The van der Waals surface area contributed by atoms with Gasteiger partial charge in [-0.2, -0.15) is 0 Å². The van der Waals surface area contributed by atoms with Gasteiger partial charge < -0.3 is 11.1 Å². The van der Waals surface area contributed by atoms with Crippen molar-refractivity contribution in [3.05, 3.63) is 30.1 Å². The van der Waals surface area contributed by atoms with Gasteiger partial charge in [0.2, 0.25) is 5.91 Å². The molecule has 4 nitrogen and oxygen atoms in total. The molecule has 0 spiro atoms. The third-order valence-electron chi connectivity index (χ3n) is 2.02. The fourth-order valence-electron chi connectivity index (χ4n) is 1.13. The summed E-state index contributed by atoms with van der Waals surface area (Å²) in [6, 6.07) is 3.71. The van der Waals surface area contributed by atoms with Gasteiger partial charge in [0.05, 0.1) is 5.92 Å². The van der Waals surface area contributed by atoms with Crippen molar-refractivity contribution in [2.24, 2.45) is 5.73 Å². The molecular formula is C10H15N3O. The summed E-state index contributed by atoms with van der Waals surface area (Å²) in [5.41, 5.74) is 6.21. The Hall–Kier alpha value is -1.42. The Balaban J connectivity index is 2.57. The summed E-state index contributed by atoms with van der Waals surface area (Å²) in [5.74, 6) is -0.182. The predicted octanol–water partition coefficient (Wildman–Crippen LogP) is 0.260. The van der Waals surface area contributed by atoms with E-state index >= 15 is 0 Å². The number of nitrogens with zero attached hydrogens (tertiary/aromatic N) is 1. The van der Waals surface area contributed by atoms with Crippen LogP contribution in [0.3, 0.4) is 0 Å². The van der Waals surface area contributed by atoms with Crippen molar-refractivity contribution < 1.29 is 4.79 Å². The standard InChI is InChI=1S/C10H15N3O/c1-8(10(14)13-6-4-11)9-3-2-5-12-7-9/h2-3,5,7-8H,4,6,11H2,1H3,(H,13,14). The Bertz CT molecular complexity index is 287. The number of carbonyl (C=O) groups is 1. The number of nitrogens with two attached hydrogens (primary N) is 1. The highest BCUT2D eigenvalue weighted by Gasteiger charge is 2.13. The Labute approximate surface area is 83.5 Å². The summed E-state index contributed by atoms with van der Waals surface area (Å²) < 4.78 is 0. The summed E-state index contributed by atoms with van der Waals surface area (Å²) in [4.78, 5) is 15.5. The van der Waals surface area contributed by atoms with Crippen LogP contribution in [0.25, 0.3) is 0 Å². The molecule has 1 atom stereocenters. The number of nitrogens with one attached hydrogen (secondary N) is 1. The quantitative estimate of drug-likeness (QED) is 0.720. The molecule has 1 heterocycles. The van der Waals surface area contributed by atoms with Gasteiger partial charge in [-0.05, 0) is 18.6 Å². The summed E-state index contributed by atoms with van der Waals surface area (Å²) >= 11 is 0. The lowest BCUT2D eigenvalue weighted by atomic mass is 10.0. The van der Waals surface area contributed by atoms with Gasteiger partial charge >= 0.3 is 0 Å². The van der Waals surface area contributed by atoms with E-state index in [0.29, 0.717) is 13.1 Å². The van der Waals surface area contributed by atoms with Crippen molar-refractivity contribution in [1.29, 1.82) is 0 Å². The molecule has 1 rings (SSSR count). The molecule has 0 aliphatic carbocycles. The lowest BCUT2D eigenvalue weighted by molar-refractivity contribution is -0.122. The molecule has 4 heteroatoms.